The number of nitrogens with zero attached hydrogens (tertiary/aromatic N) is 3. The van der Waals surface area contributed by atoms with Gasteiger partial charge in [-0.3, -0.25) is 9.59 Å². The Morgan fingerprint density at radius 1 is 1.09 bits per heavy atom. The number of piperidine rings is 1. The van der Waals surface area contributed by atoms with Gasteiger partial charge in [0.1, 0.15) is 5.69 Å². The number of aryl methyl sites for hydroxylation is 1. The topological polar surface area (TPSA) is 57.6 Å². The lowest BCUT2D eigenvalue weighted by Crippen LogP contribution is -2.42. The second-order valence-electron chi connectivity index (χ2n) is 9.90. The molecule has 1 atom stereocenters. The SMILES string of the molecule is O=C(c1ccc2c(c1)C(N1CCn3ccc(Cl)c3C1=O)CC2)N1CCC2(CCNCC2)C1. The molecule has 32 heavy (non-hydrogen) atoms. The minimum Gasteiger partial charge on any atom is -0.340 e. The molecule has 7 heteroatoms. The van der Waals surface area contributed by atoms with Gasteiger partial charge in [-0.2, -0.15) is 0 Å². The Labute approximate surface area is 193 Å². The third kappa shape index (κ3) is 3.19. The lowest BCUT2D eigenvalue weighted by Gasteiger charge is -2.34. The van der Waals surface area contributed by atoms with Crippen LogP contribution in [-0.2, 0) is 13.0 Å². The Hall–Kier alpha value is -2.31. The fourth-order valence-corrected chi connectivity index (χ4v) is 6.55. The fraction of sp³-hybridized carbons (Fsp3) is 0.520. The van der Waals surface area contributed by atoms with Crippen molar-refractivity contribution in [2.75, 3.05) is 32.7 Å². The molecule has 4 aliphatic rings. The van der Waals surface area contributed by atoms with Crippen molar-refractivity contribution in [2.24, 2.45) is 5.41 Å². The van der Waals surface area contributed by atoms with E-state index in [9.17, 15) is 9.59 Å². The molecule has 168 valence electrons. The van der Waals surface area contributed by atoms with E-state index in [4.69, 9.17) is 11.6 Å². The van der Waals surface area contributed by atoms with Gasteiger partial charge in [0.05, 0.1) is 11.1 Å². The Balaban J connectivity index is 1.24. The van der Waals surface area contributed by atoms with Gasteiger partial charge in [-0.25, -0.2) is 0 Å². The summed E-state index contributed by atoms with van der Waals surface area (Å²) < 4.78 is 1.95. The molecule has 6 rings (SSSR count). The Morgan fingerprint density at radius 2 is 1.94 bits per heavy atom. The molecule has 3 aliphatic heterocycles. The largest absolute Gasteiger partial charge is 0.340 e. The number of halogens is 1. The lowest BCUT2D eigenvalue weighted by atomic mass is 9.78. The number of rotatable bonds is 2. The first-order valence-corrected chi connectivity index (χ1v) is 12.2. The van der Waals surface area contributed by atoms with Crippen LogP contribution in [-0.4, -0.2) is 58.9 Å². The molecule has 0 bridgehead atoms. The predicted molar refractivity (Wildman–Crippen MR) is 123 cm³/mol. The van der Waals surface area contributed by atoms with Crippen LogP contribution in [0.2, 0.25) is 5.02 Å². The van der Waals surface area contributed by atoms with Gasteiger partial charge < -0.3 is 19.7 Å². The molecular weight excluding hydrogens is 424 g/mol. The number of carbonyl (C=O) groups is 2. The first-order chi connectivity index (χ1) is 15.5. The van der Waals surface area contributed by atoms with E-state index in [2.05, 4.69) is 22.3 Å². The first-order valence-electron chi connectivity index (χ1n) is 11.8. The highest BCUT2D eigenvalue weighted by molar-refractivity contribution is 6.33. The molecule has 6 nitrogen and oxygen atoms in total. The second kappa shape index (κ2) is 7.63. The first kappa shape index (κ1) is 20.3. The molecular formula is C25H29ClN4O2. The summed E-state index contributed by atoms with van der Waals surface area (Å²) in [5, 5.41) is 3.96. The van der Waals surface area contributed by atoms with Crippen LogP contribution in [0, 0.1) is 5.41 Å². The van der Waals surface area contributed by atoms with Gasteiger partial charge in [-0.1, -0.05) is 17.7 Å². The van der Waals surface area contributed by atoms with E-state index in [-0.39, 0.29) is 17.9 Å². The second-order valence-corrected chi connectivity index (χ2v) is 10.3. The number of nitrogens with one attached hydrogen (secondary N) is 1. The average Bonchev–Trinajstić information content (AvgIpc) is 3.52. The maximum Gasteiger partial charge on any atom is 0.272 e. The number of fused-ring (bicyclic) bond motifs is 2. The summed E-state index contributed by atoms with van der Waals surface area (Å²) in [6, 6.07) is 7.95. The average molecular weight is 453 g/mol. The van der Waals surface area contributed by atoms with E-state index < -0.39 is 0 Å². The molecule has 2 amide bonds. The number of carbonyl (C=O) groups excluding carboxylic acids is 2. The molecule has 0 radical (unpaired) electrons. The molecule has 1 aromatic heterocycles. The molecule has 1 aliphatic carbocycles. The highest BCUT2D eigenvalue weighted by Crippen LogP contribution is 2.41. The van der Waals surface area contributed by atoms with E-state index in [0.717, 1.165) is 76.0 Å². The van der Waals surface area contributed by atoms with Crippen LogP contribution >= 0.6 is 11.6 Å². The minimum atomic E-state index is -0.00628. The summed E-state index contributed by atoms with van der Waals surface area (Å²) in [7, 11) is 0. The van der Waals surface area contributed by atoms with E-state index in [0.29, 0.717) is 22.7 Å². The van der Waals surface area contributed by atoms with Crippen LogP contribution in [0.1, 0.15) is 63.7 Å². The lowest BCUT2D eigenvalue weighted by molar-refractivity contribution is 0.0616. The summed E-state index contributed by atoms with van der Waals surface area (Å²) in [5.41, 5.74) is 4.03. The van der Waals surface area contributed by atoms with E-state index >= 15 is 0 Å². The van der Waals surface area contributed by atoms with Gasteiger partial charge in [0.2, 0.25) is 0 Å². The highest BCUT2D eigenvalue weighted by atomic mass is 35.5. The molecule has 4 heterocycles. The van der Waals surface area contributed by atoms with Crippen molar-refractivity contribution in [3.8, 4) is 0 Å². The van der Waals surface area contributed by atoms with E-state index in [1.54, 1.807) is 6.07 Å². The quantitative estimate of drug-likeness (QED) is 0.758. The van der Waals surface area contributed by atoms with Crippen molar-refractivity contribution in [3.05, 3.63) is 57.9 Å². The summed E-state index contributed by atoms with van der Waals surface area (Å²) >= 11 is 6.30. The predicted octanol–water partition coefficient (Wildman–Crippen LogP) is 3.50. The van der Waals surface area contributed by atoms with Crippen molar-refractivity contribution < 1.29 is 9.59 Å². The number of aromatic nitrogens is 1. The number of hydrogen-bond acceptors (Lipinski definition) is 3. The van der Waals surface area contributed by atoms with Crippen LogP contribution < -0.4 is 5.32 Å². The monoisotopic (exact) mass is 452 g/mol. The van der Waals surface area contributed by atoms with E-state index in [1.807, 2.05) is 21.7 Å². The maximum absolute atomic E-state index is 13.4. The fourth-order valence-electron chi connectivity index (χ4n) is 6.30. The summed E-state index contributed by atoms with van der Waals surface area (Å²) in [6.07, 6.45) is 7.15. The third-order valence-corrected chi connectivity index (χ3v) is 8.47. The van der Waals surface area contributed by atoms with Gasteiger partial charge in [0.25, 0.3) is 11.8 Å². The molecule has 2 aromatic rings. The Kier molecular flexibility index (Phi) is 4.84. The van der Waals surface area contributed by atoms with Crippen molar-refractivity contribution in [1.82, 2.24) is 19.7 Å². The highest BCUT2D eigenvalue weighted by Gasteiger charge is 2.41. The normalized spacial score (nSPS) is 24.2. The summed E-state index contributed by atoms with van der Waals surface area (Å²) in [5.74, 6) is 0.129. The summed E-state index contributed by atoms with van der Waals surface area (Å²) in [6.45, 7) is 5.25. The molecule has 2 saturated heterocycles. The van der Waals surface area contributed by atoms with Gasteiger partial charge in [0.15, 0.2) is 0 Å². The van der Waals surface area contributed by atoms with Gasteiger partial charge in [-0.15, -0.1) is 0 Å². The van der Waals surface area contributed by atoms with Crippen LogP contribution in [0.3, 0.4) is 0 Å². The number of benzene rings is 1. The van der Waals surface area contributed by atoms with Crippen LogP contribution in [0.15, 0.2) is 30.5 Å². The zero-order chi connectivity index (χ0) is 21.9. The molecule has 1 aromatic carbocycles. The molecule has 0 saturated carbocycles. The van der Waals surface area contributed by atoms with Crippen LogP contribution in [0.4, 0.5) is 0 Å². The Morgan fingerprint density at radius 3 is 2.78 bits per heavy atom. The van der Waals surface area contributed by atoms with E-state index in [1.165, 1.54) is 5.56 Å². The van der Waals surface area contributed by atoms with Crippen molar-refractivity contribution in [2.45, 2.75) is 44.7 Å². The molecule has 1 N–H and O–H groups in total. The summed E-state index contributed by atoms with van der Waals surface area (Å²) in [4.78, 5) is 30.6. The number of likely N-dealkylation sites (tertiary alicyclic amines) is 1. The molecule has 1 unspecified atom stereocenters. The van der Waals surface area contributed by atoms with Gasteiger partial charge in [0, 0.05) is 37.9 Å². The zero-order valence-corrected chi connectivity index (χ0v) is 19.0. The number of amides is 2. The minimum absolute atomic E-state index is 0.00628. The smallest absolute Gasteiger partial charge is 0.272 e. The molecule has 1 spiro atoms. The maximum atomic E-state index is 13.4. The third-order valence-electron chi connectivity index (χ3n) is 8.16. The molecule has 2 fully saturated rings. The van der Waals surface area contributed by atoms with Gasteiger partial charge in [-0.05, 0) is 79.9 Å². The van der Waals surface area contributed by atoms with Crippen molar-refractivity contribution in [3.63, 3.8) is 0 Å². The standard InChI is InChI=1S/C25H29ClN4O2/c26-20-5-11-28-13-14-30(24(32)22(20)28)21-4-3-17-1-2-18(15-19(17)21)23(31)29-12-8-25(16-29)6-9-27-10-7-25/h1-2,5,11,15,21,27H,3-4,6-10,12-14,16H2. The number of hydrogen-bond donors (Lipinski definition) is 1. The van der Waals surface area contributed by atoms with Crippen molar-refractivity contribution in [1.29, 1.82) is 0 Å². The van der Waals surface area contributed by atoms with Crippen LogP contribution in [0.25, 0.3) is 0 Å². The van der Waals surface area contributed by atoms with Crippen molar-refractivity contribution >= 4 is 23.4 Å². The van der Waals surface area contributed by atoms with Gasteiger partial charge >= 0.3 is 0 Å². The van der Waals surface area contributed by atoms with Crippen LogP contribution in [0.5, 0.6) is 0 Å². The zero-order valence-electron chi connectivity index (χ0n) is 18.3. The Bertz CT molecular complexity index is 1090.